The average Bonchev–Trinajstić information content (AvgIpc) is 3.30. The van der Waals surface area contributed by atoms with E-state index < -0.39 is 10.0 Å². The second-order valence-corrected chi connectivity index (χ2v) is 11.1. The number of rotatable bonds is 9. The maximum atomic E-state index is 13.4. The van der Waals surface area contributed by atoms with Crippen molar-refractivity contribution < 1.29 is 17.9 Å². The molecule has 0 radical (unpaired) electrons. The molecule has 9 heteroatoms. The fourth-order valence-electron chi connectivity index (χ4n) is 4.23. The number of nitrogens with one attached hydrogen (secondary N) is 1. The summed E-state index contributed by atoms with van der Waals surface area (Å²) in [6, 6.07) is 12.9. The van der Waals surface area contributed by atoms with Crippen LogP contribution in [0.15, 0.2) is 53.6 Å². The molecule has 2 heterocycles. The lowest BCUT2D eigenvalue weighted by Crippen LogP contribution is -2.40. The number of anilines is 1. The molecule has 0 aliphatic carbocycles. The molecule has 1 aliphatic heterocycles. The van der Waals surface area contributed by atoms with E-state index in [2.05, 4.69) is 12.2 Å². The Balaban J connectivity index is 1.62. The summed E-state index contributed by atoms with van der Waals surface area (Å²) in [6.45, 7) is 8.03. The van der Waals surface area contributed by atoms with Crippen molar-refractivity contribution in [3.8, 4) is 11.3 Å². The number of hydrogen-bond acceptors (Lipinski definition) is 5. The van der Waals surface area contributed by atoms with Gasteiger partial charge < -0.3 is 10.1 Å². The van der Waals surface area contributed by atoms with E-state index in [1.54, 1.807) is 25.3 Å². The lowest BCUT2D eigenvalue weighted by atomic mass is 10.1. The number of aromatic nitrogens is 2. The minimum atomic E-state index is -3.69. The molecule has 0 unspecified atom stereocenters. The second kappa shape index (κ2) is 11.4. The Labute approximate surface area is 213 Å². The summed E-state index contributed by atoms with van der Waals surface area (Å²) in [7, 11) is -3.69. The number of nitrogens with zero attached hydrogens (tertiary/aromatic N) is 3. The number of carbonyl (C=O) groups is 1. The lowest BCUT2D eigenvalue weighted by molar-refractivity contribution is 0.0730. The van der Waals surface area contributed by atoms with Crippen LogP contribution in [0.5, 0.6) is 0 Å². The van der Waals surface area contributed by atoms with Crippen molar-refractivity contribution in [1.29, 1.82) is 0 Å². The second-order valence-electron chi connectivity index (χ2n) is 9.18. The molecule has 0 bridgehead atoms. The highest BCUT2D eigenvalue weighted by atomic mass is 32.2. The highest BCUT2D eigenvalue weighted by Gasteiger charge is 2.28. The molecule has 1 N–H and O–H groups in total. The summed E-state index contributed by atoms with van der Waals surface area (Å²) in [5.74, 6) is -0.328. The Kier molecular flexibility index (Phi) is 8.23. The van der Waals surface area contributed by atoms with Crippen molar-refractivity contribution >= 4 is 21.6 Å². The average molecular weight is 511 g/mol. The normalized spacial score (nSPS) is 14.6. The summed E-state index contributed by atoms with van der Waals surface area (Å²) in [5.41, 5.74) is 4.10. The maximum absolute atomic E-state index is 13.4. The van der Waals surface area contributed by atoms with Crippen LogP contribution in [-0.4, -0.2) is 54.7 Å². The summed E-state index contributed by atoms with van der Waals surface area (Å²) >= 11 is 0. The van der Waals surface area contributed by atoms with Crippen molar-refractivity contribution in [2.45, 2.75) is 51.5 Å². The molecule has 3 aromatic rings. The van der Waals surface area contributed by atoms with Gasteiger partial charge in [-0.25, -0.2) is 8.42 Å². The topological polar surface area (TPSA) is 93.5 Å². The zero-order valence-corrected chi connectivity index (χ0v) is 22.0. The quantitative estimate of drug-likeness (QED) is 0.424. The van der Waals surface area contributed by atoms with E-state index in [9.17, 15) is 13.2 Å². The van der Waals surface area contributed by atoms with Crippen LogP contribution in [0.3, 0.4) is 0 Å². The molecule has 0 spiro atoms. The molecule has 0 atom stereocenters. The number of morpholine rings is 1. The molecule has 1 aliphatic rings. The van der Waals surface area contributed by atoms with Crippen LogP contribution in [0.4, 0.5) is 5.69 Å². The van der Waals surface area contributed by atoms with Gasteiger partial charge in [0.1, 0.15) is 5.69 Å². The smallest absolute Gasteiger partial charge is 0.259 e. The first-order chi connectivity index (χ1) is 17.3. The molecule has 1 amide bonds. The molecule has 8 nitrogen and oxygen atoms in total. The molecule has 1 fully saturated rings. The Morgan fingerprint density at radius 3 is 2.47 bits per heavy atom. The van der Waals surface area contributed by atoms with Gasteiger partial charge in [-0.3, -0.25) is 9.48 Å². The third kappa shape index (κ3) is 5.86. The van der Waals surface area contributed by atoms with Crippen molar-refractivity contribution in [2.75, 3.05) is 31.6 Å². The molecule has 36 heavy (non-hydrogen) atoms. The Hall–Kier alpha value is -3.01. The summed E-state index contributed by atoms with van der Waals surface area (Å²) in [4.78, 5) is 13.6. The fourth-order valence-corrected chi connectivity index (χ4v) is 5.89. The van der Waals surface area contributed by atoms with Gasteiger partial charge in [-0.15, -0.1) is 0 Å². The Bertz CT molecular complexity index is 1310. The van der Waals surface area contributed by atoms with Gasteiger partial charge >= 0.3 is 0 Å². The van der Waals surface area contributed by atoms with E-state index in [1.807, 2.05) is 35.9 Å². The van der Waals surface area contributed by atoms with Crippen molar-refractivity contribution in [2.24, 2.45) is 0 Å². The Morgan fingerprint density at radius 2 is 1.78 bits per heavy atom. The third-order valence-corrected chi connectivity index (χ3v) is 8.40. The predicted molar refractivity (Wildman–Crippen MR) is 141 cm³/mol. The standard InChI is InChI=1S/C27H34N4O4S/c1-4-5-6-13-30-19-24(26(29-30)22-10-7-20(2)8-11-22)27(32)28-23-12-9-21(3)25(18-23)36(33,34)31-14-16-35-17-15-31/h7-12,18-19H,4-6,13-17H2,1-3H3,(H,28,32). The Morgan fingerprint density at radius 1 is 1.06 bits per heavy atom. The number of sulfonamides is 1. The molecular weight excluding hydrogens is 476 g/mol. The first-order valence-corrected chi connectivity index (χ1v) is 13.9. The molecule has 192 valence electrons. The fraction of sp³-hybridized carbons (Fsp3) is 0.407. The van der Waals surface area contributed by atoms with Crippen molar-refractivity contribution in [3.63, 3.8) is 0 Å². The van der Waals surface area contributed by atoms with Gasteiger partial charge in [0.05, 0.1) is 23.7 Å². The first-order valence-electron chi connectivity index (χ1n) is 12.4. The van der Waals surface area contributed by atoms with Gasteiger partial charge in [0.25, 0.3) is 5.91 Å². The van der Waals surface area contributed by atoms with E-state index in [0.717, 1.165) is 36.9 Å². The molecule has 1 aromatic heterocycles. The van der Waals surface area contributed by atoms with E-state index in [4.69, 9.17) is 9.84 Å². The number of unbranched alkanes of at least 4 members (excludes halogenated alkanes) is 2. The van der Waals surface area contributed by atoms with Gasteiger partial charge in [0.2, 0.25) is 10.0 Å². The van der Waals surface area contributed by atoms with Crippen molar-refractivity contribution in [1.82, 2.24) is 14.1 Å². The van der Waals surface area contributed by atoms with Crippen molar-refractivity contribution in [3.05, 3.63) is 65.4 Å². The van der Waals surface area contributed by atoms with Crippen LogP contribution < -0.4 is 5.32 Å². The number of hydrogen-bond donors (Lipinski definition) is 1. The minimum absolute atomic E-state index is 0.191. The van der Waals surface area contributed by atoms with Crippen LogP contribution in [0.25, 0.3) is 11.3 Å². The number of benzene rings is 2. The van der Waals surface area contributed by atoms with Crippen LogP contribution in [0.2, 0.25) is 0 Å². The predicted octanol–water partition coefficient (Wildman–Crippen LogP) is 4.63. The summed E-state index contributed by atoms with van der Waals surface area (Å²) in [6.07, 6.45) is 4.95. The summed E-state index contributed by atoms with van der Waals surface area (Å²) in [5, 5.41) is 7.62. The maximum Gasteiger partial charge on any atom is 0.259 e. The van der Waals surface area contributed by atoms with Crippen LogP contribution >= 0.6 is 0 Å². The van der Waals surface area contributed by atoms with E-state index in [0.29, 0.717) is 48.8 Å². The SMILES string of the molecule is CCCCCn1cc(C(=O)Nc2ccc(C)c(S(=O)(=O)N3CCOCC3)c2)c(-c2ccc(C)cc2)n1. The van der Waals surface area contributed by atoms with Gasteiger partial charge in [0, 0.05) is 37.1 Å². The zero-order chi connectivity index (χ0) is 25.7. The molecule has 0 saturated carbocycles. The monoisotopic (exact) mass is 510 g/mol. The van der Waals surface area contributed by atoms with Gasteiger partial charge in [-0.05, 0) is 38.0 Å². The number of ether oxygens (including phenoxy) is 1. The van der Waals surface area contributed by atoms with E-state index in [1.165, 1.54) is 10.4 Å². The number of amides is 1. The third-order valence-electron chi connectivity index (χ3n) is 6.36. The highest BCUT2D eigenvalue weighted by Crippen LogP contribution is 2.27. The van der Waals surface area contributed by atoms with Crippen LogP contribution in [0, 0.1) is 13.8 Å². The first kappa shape index (κ1) is 26.1. The van der Waals surface area contributed by atoms with Gasteiger partial charge in [0.15, 0.2) is 0 Å². The van der Waals surface area contributed by atoms with E-state index >= 15 is 0 Å². The van der Waals surface area contributed by atoms with Crippen LogP contribution in [-0.2, 0) is 21.3 Å². The lowest BCUT2D eigenvalue weighted by Gasteiger charge is -2.26. The number of carbonyl (C=O) groups excluding carboxylic acids is 1. The van der Waals surface area contributed by atoms with E-state index in [-0.39, 0.29) is 10.8 Å². The molecule has 4 rings (SSSR count). The summed E-state index contributed by atoms with van der Waals surface area (Å²) < 4.78 is 35.1. The highest BCUT2D eigenvalue weighted by molar-refractivity contribution is 7.89. The van der Waals surface area contributed by atoms with Crippen LogP contribution in [0.1, 0.15) is 47.7 Å². The molecule has 1 saturated heterocycles. The zero-order valence-electron chi connectivity index (χ0n) is 21.2. The van der Waals surface area contributed by atoms with Gasteiger partial charge in [-0.2, -0.15) is 9.40 Å². The molecule has 2 aromatic carbocycles. The minimum Gasteiger partial charge on any atom is -0.379 e. The largest absolute Gasteiger partial charge is 0.379 e. The van der Waals surface area contributed by atoms with Gasteiger partial charge in [-0.1, -0.05) is 55.7 Å². The molecular formula is C27H34N4O4S. The number of aryl methyl sites for hydroxylation is 3.